The van der Waals surface area contributed by atoms with Crippen molar-refractivity contribution >= 4 is 5.91 Å². The van der Waals surface area contributed by atoms with Crippen molar-refractivity contribution in [3.8, 4) is 0 Å². The fraction of sp³-hybridized carbons (Fsp3) is 0.875. The molecule has 0 radical (unpaired) electrons. The van der Waals surface area contributed by atoms with Gasteiger partial charge in [-0.25, -0.2) is 0 Å². The normalized spacial score (nSPS) is 31.5. The van der Waals surface area contributed by atoms with Gasteiger partial charge in [0.25, 0.3) is 0 Å². The van der Waals surface area contributed by atoms with Crippen molar-refractivity contribution in [3.63, 3.8) is 0 Å². The van der Waals surface area contributed by atoms with E-state index in [0.29, 0.717) is 0 Å². The Balaban J connectivity index is 2.35. The summed E-state index contributed by atoms with van der Waals surface area (Å²) >= 11 is 0. The lowest BCUT2D eigenvalue weighted by atomic mass is 10.0. The number of rotatable bonds is 1. The summed E-state index contributed by atoms with van der Waals surface area (Å²) in [5.41, 5.74) is 0. The monoisotopic (exact) mass is 157 g/mol. The van der Waals surface area contributed by atoms with Crippen LogP contribution in [-0.2, 0) is 9.53 Å². The minimum absolute atomic E-state index is 0.0346. The Morgan fingerprint density at radius 1 is 1.64 bits per heavy atom. The van der Waals surface area contributed by atoms with E-state index in [1.807, 2.05) is 6.92 Å². The van der Waals surface area contributed by atoms with Gasteiger partial charge in [0.05, 0.1) is 12.1 Å². The molecule has 2 atom stereocenters. The molecule has 64 valence electrons. The second-order valence-electron chi connectivity index (χ2n) is 3.03. The van der Waals surface area contributed by atoms with Crippen LogP contribution in [0.25, 0.3) is 0 Å². The molecule has 0 aromatic heterocycles. The number of ether oxygens (including phenoxy) is 1. The fourth-order valence-electron chi connectivity index (χ4n) is 1.37. The van der Waals surface area contributed by atoms with Crippen LogP contribution in [0.5, 0.6) is 0 Å². The molecule has 1 rings (SSSR count). The van der Waals surface area contributed by atoms with Gasteiger partial charge in [0.15, 0.2) is 0 Å². The molecule has 1 amide bonds. The number of carbonyl (C=O) groups excluding carboxylic acids is 1. The lowest BCUT2D eigenvalue weighted by Gasteiger charge is -2.29. The van der Waals surface area contributed by atoms with Gasteiger partial charge in [-0.15, -0.1) is 0 Å². The molecule has 0 spiro atoms. The molecule has 2 unspecified atom stereocenters. The van der Waals surface area contributed by atoms with Crippen LogP contribution in [0.15, 0.2) is 0 Å². The third-order valence-corrected chi connectivity index (χ3v) is 2.00. The summed E-state index contributed by atoms with van der Waals surface area (Å²) in [6.07, 6.45) is 2.27. The summed E-state index contributed by atoms with van der Waals surface area (Å²) in [6, 6.07) is 0.223. The molecular weight excluding hydrogens is 142 g/mol. The number of carbonyl (C=O) groups is 1. The molecule has 1 saturated heterocycles. The molecule has 3 nitrogen and oxygen atoms in total. The average Bonchev–Trinajstić information content (AvgIpc) is 1.93. The van der Waals surface area contributed by atoms with E-state index in [9.17, 15) is 4.79 Å². The molecule has 0 saturated carbocycles. The van der Waals surface area contributed by atoms with Crippen LogP contribution >= 0.6 is 0 Å². The van der Waals surface area contributed by atoms with Crippen LogP contribution < -0.4 is 5.32 Å². The molecule has 1 N–H and O–H groups in total. The molecule has 0 aromatic carbocycles. The molecule has 3 heteroatoms. The first-order chi connectivity index (χ1) is 5.20. The van der Waals surface area contributed by atoms with Crippen LogP contribution in [0.1, 0.15) is 26.7 Å². The molecule has 1 heterocycles. The maximum atomic E-state index is 10.7. The minimum atomic E-state index is 0.0346. The highest BCUT2D eigenvalue weighted by Gasteiger charge is 2.21. The van der Waals surface area contributed by atoms with Crippen LogP contribution in [0, 0.1) is 0 Å². The van der Waals surface area contributed by atoms with E-state index in [1.165, 1.54) is 0 Å². The molecule has 0 aromatic rings. The Hall–Kier alpha value is -0.570. The first kappa shape index (κ1) is 8.53. The summed E-state index contributed by atoms with van der Waals surface area (Å²) in [6.45, 7) is 4.37. The van der Waals surface area contributed by atoms with Crippen molar-refractivity contribution in [1.82, 2.24) is 5.32 Å². The van der Waals surface area contributed by atoms with Crippen LogP contribution in [0.4, 0.5) is 0 Å². The average molecular weight is 157 g/mol. The second kappa shape index (κ2) is 3.72. The second-order valence-corrected chi connectivity index (χ2v) is 3.03. The van der Waals surface area contributed by atoms with Crippen molar-refractivity contribution in [2.45, 2.75) is 38.8 Å². The Labute approximate surface area is 67.1 Å². The van der Waals surface area contributed by atoms with E-state index in [0.717, 1.165) is 19.4 Å². The molecular formula is C8H15NO2. The number of hydrogen-bond donors (Lipinski definition) is 1. The summed E-state index contributed by atoms with van der Waals surface area (Å²) in [5, 5.41) is 2.87. The summed E-state index contributed by atoms with van der Waals surface area (Å²) in [5.74, 6) is 0.0346. The third kappa shape index (κ3) is 2.50. The highest BCUT2D eigenvalue weighted by molar-refractivity contribution is 5.73. The van der Waals surface area contributed by atoms with Crippen molar-refractivity contribution in [1.29, 1.82) is 0 Å². The maximum absolute atomic E-state index is 10.7. The molecule has 11 heavy (non-hydrogen) atoms. The van der Waals surface area contributed by atoms with Gasteiger partial charge in [-0.3, -0.25) is 4.79 Å². The quantitative estimate of drug-likeness (QED) is 0.608. The smallest absolute Gasteiger partial charge is 0.217 e. The van der Waals surface area contributed by atoms with Crippen LogP contribution in [-0.4, -0.2) is 24.7 Å². The number of hydrogen-bond acceptors (Lipinski definition) is 2. The zero-order valence-corrected chi connectivity index (χ0v) is 7.09. The summed E-state index contributed by atoms with van der Waals surface area (Å²) < 4.78 is 5.38. The van der Waals surface area contributed by atoms with E-state index in [-0.39, 0.29) is 18.1 Å². The van der Waals surface area contributed by atoms with Crippen molar-refractivity contribution in [3.05, 3.63) is 0 Å². The van der Waals surface area contributed by atoms with E-state index >= 15 is 0 Å². The lowest BCUT2D eigenvalue weighted by Crippen LogP contribution is -2.44. The fourth-order valence-corrected chi connectivity index (χ4v) is 1.37. The van der Waals surface area contributed by atoms with Gasteiger partial charge in [0.1, 0.15) is 0 Å². The largest absolute Gasteiger partial charge is 0.376 e. The highest BCUT2D eigenvalue weighted by atomic mass is 16.5. The third-order valence-electron chi connectivity index (χ3n) is 2.00. The molecule has 1 fully saturated rings. The van der Waals surface area contributed by atoms with Gasteiger partial charge in [-0.2, -0.15) is 0 Å². The van der Waals surface area contributed by atoms with Gasteiger partial charge in [0.2, 0.25) is 5.91 Å². The zero-order valence-electron chi connectivity index (χ0n) is 7.09. The lowest BCUT2D eigenvalue weighted by molar-refractivity contribution is -0.121. The van der Waals surface area contributed by atoms with E-state index in [1.54, 1.807) is 6.92 Å². The Kier molecular flexibility index (Phi) is 2.88. The van der Waals surface area contributed by atoms with Crippen LogP contribution in [0.2, 0.25) is 0 Å². The van der Waals surface area contributed by atoms with Gasteiger partial charge in [-0.05, 0) is 19.8 Å². The zero-order chi connectivity index (χ0) is 8.27. The van der Waals surface area contributed by atoms with Gasteiger partial charge in [0, 0.05) is 13.5 Å². The highest BCUT2D eigenvalue weighted by Crippen LogP contribution is 2.12. The first-order valence-corrected chi connectivity index (χ1v) is 4.09. The maximum Gasteiger partial charge on any atom is 0.217 e. The van der Waals surface area contributed by atoms with Crippen LogP contribution in [0.3, 0.4) is 0 Å². The Morgan fingerprint density at radius 3 is 2.91 bits per heavy atom. The summed E-state index contributed by atoms with van der Waals surface area (Å²) in [4.78, 5) is 10.7. The Bertz CT molecular complexity index is 147. The van der Waals surface area contributed by atoms with Crippen molar-refractivity contribution in [2.75, 3.05) is 6.61 Å². The van der Waals surface area contributed by atoms with E-state index in [4.69, 9.17) is 4.74 Å². The Morgan fingerprint density at radius 2 is 2.36 bits per heavy atom. The molecule has 0 aliphatic carbocycles. The summed E-state index contributed by atoms with van der Waals surface area (Å²) in [7, 11) is 0. The number of nitrogens with one attached hydrogen (secondary N) is 1. The standard InChI is InChI=1S/C8H15NO2/c1-6-8(9-7(2)10)4-3-5-11-6/h6,8H,3-5H2,1-2H3,(H,9,10). The van der Waals surface area contributed by atoms with E-state index < -0.39 is 0 Å². The molecule has 0 bridgehead atoms. The van der Waals surface area contributed by atoms with Gasteiger partial charge in [-0.1, -0.05) is 0 Å². The van der Waals surface area contributed by atoms with Crippen molar-refractivity contribution < 1.29 is 9.53 Å². The topological polar surface area (TPSA) is 38.3 Å². The predicted octanol–water partition coefficient (Wildman–Crippen LogP) is 0.690. The predicted molar refractivity (Wildman–Crippen MR) is 42.3 cm³/mol. The van der Waals surface area contributed by atoms with E-state index in [2.05, 4.69) is 5.32 Å². The minimum Gasteiger partial charge on any atom is -0.376 e. The van der Waals surface area contributed by atoms with Gasteiger partial charge < -0.3 is 10.1 Å². The molecule has 1 aliphatic rings. The first-order valence-electron chi connectivity index (χ1n) is 4.09. The SMILES string of the molecule is CC(=O)NC1CCCOC1C. The van der Waals surface area contributed by atoms with Crippen molar-refractivity contribution in [2.24, 2.45) is 0 Å². The molecule has 1 aliphatic heterocycles. The number of amides is 1. The van der Waals surface area contributed by atoms with Gasteiger partial charge >= 0.3 is 0 Å².